The van der Waals surface area contributed by atoms with Gasteiger partial charge >= 0.3 is 6.09 Å². The lowest BCUT2D eigenvalue weighted by molar-refractivity contribution is -0.0455. The monoisotopic (exact) mass is 252 g/mol. The summed E-state index contributed by atoms with van der Waals surface area (Å²) >= 11 is 0. The van der Waals surface area contributed by atoms with E-state index >= 15 is 0 Å². The van der Waals surface area contributed by atoms with E-state index in [4.69, 9.17) is 4.74 Å². The van der Waals surface area contributed by atoms with Crippen molar-refractivity contribution in [1.29, 1.82) is 0 Å². The van der Waals surface area contributed by atoms with Crippen LogP contribution in [-0.2, 0) is 4.74 Å². The van der Waals surface area contributed by atoms with Gasteiger partial charge in [0.1, 0.15) is 5.60 Å². The first-order valence-electron chi connectivity index (χ1n) is 7.16. The second kappa shape index (κ2) is 4.12. The minimum Gasteiger partial charge on any atom is -0.444 e. The Hall–Kier alpha value is -0.770. The molecule has 1 amide bonds. The van der Waals surface area contributed by atoms with Gasteiger partial charge in [0.05, 0.1) is 0 Å². The highest BCUT2D eigenvalue weighted by atomic mass is 16.6. The molecule has 0 aromatic carbocycles. The molecule has 4 unspecified atom stereocenters. The fourth-order valence-corrected chi connectivity index (χ4v) is 4.00. The highest BCUT2D eigenvalue weighted by Gasteiger charge is 2.51. The zero-order valence-corrected chi connectivity index (χ0v) is 11.6. The molecule has 4 fully saturated rings. The number of amides is 1. The Labute approximate surface area is 109 Å². The molecular weight excluding hydrogens is 228 g/mol. The van der Waals surface area contributed by atoms with Crippen molar-refractivity contribution in [2.75, 3.05) is 19.6 Å². The second-order valence-electron chi connectivity index (χ2n) is 7.02. The van der Waals surface area contributed by atoms with Gasteiger partial charge in [-0.3, -0.25) is 0 Å². The van der Waals surface area contributed by atoms with Gasteiger partial charge in [-0.1, -0.05) is 0 Å². The summed E-state index contributed by atoms with van der Waals surface area (Å²) in [5.74, 6) is 2.13. The van der Waals surface area contributed by atoms with Gasteiger partial charge in [-0.25, -0.2) is 4.79 Å². The van der Waals surface area contributed by atoms with Gasteiger partial charge in [0, 0.05) is 19.1 Å². The van der Waals surface area contributed by atoms with Crippen molar-refractivity contribution in [2.45, 2.75) is 45.3 Å². The number of ether oxygens (including phenoxy) is 1. The first kappa shape index (κ1) is 12.3. The molecule has 2 bridgehead atoms. The number of fused-ring (bicyclic) bond motifs is 2. The zero-order valence-electron chi connectivity index (χ0n) is 11.6. The highest BCUT2D eigenvalue weighted by Crippen LogP contribution is 2.45. The van der Waals surface area contributed by atoms with Crippen molar-refractivity contribution in [2.24, 2.45) is 17.8 Å². The van der Waals surface area contributed by atoms with E-state index in [-0.39, 0.29) is 11.7 Å². The van der Waals surface area contributed by atoms with Crippen LogP contribution in [0.25, 0.3) is 0 Å². The summed E-state index contributed by atoms with van der Waals surface area (Å²) in [6.45, 7) is 8.94. The number of rotatable bonds is 0. The SMILES string of the molecule is CC(C)(C)OC(=O)N1CC2CCC1C1CNCC21. The summed E-state index contributed by atoms with van der Waals surface area (Å²) in [7, 11) is 0. The summed E-state index contributed by atoms with van der Waals surface area (Å²) in [5.41, 5.74) is -0.388. The maximum atomic E-state index is 12.3. The lowest BCUT2D eigenvalue weighted by atomic mass is 9.67. The molecule has 0 radical (unpaired) electrons. The number of carbonyl (C=O) groups is 1. The van der Waals surface area contributed by atoms with Crippen LogP contribution in [0.5, 0.6) is 0 Å². The molecule has 1 saturated carbocycles. The number of hydrogen-bond acceptors (Lipinski definition) is 3. The number of carbonyl (C=O) groups excluding carboxylic acids is 1. The molecule has 0 aromatic heterocycles. The smallest absolute Gasteiger partial charge is 0.410 e. The number of hydrogen-bond donors (Lipinski definition) is 1. The van der Waals surface area contributed by atoms with Gasteiger partial charge in [0.15, 0.2) is 0 Å². The second-order valence-corrected chi connectivity index (χ2v) is 7.02. The van der Waals surface area contributed by atoms with Gasteiger partial charge in [0.25, 0.3) is 0 Å². The van der Waals surface area contributed by atoms with E-state index in [0.717, 1.165) is 32.0 Å². The summed E-state index contributed by atoms with van der Waals surface area (Å²) in [5, 5.41) is 3.49. The molecule has 4 nitrogen and oxygen atoms in total. The van der Waals surface area contributed by atoms with Gasteiger partial charge in [-0.2, -0.15) is 0 Å². The van der Waals surface area contributed by atoms with Gasteiger partial charge in [-0.15, -0.1) is 0 Å². The average Bonchev–Trinajstić information content (AvgIpc) is 2.77. The Balaban J connectivity index is 1.73. The quantitative estimate of drug-likeness (QED) is 0.715. The lowest BCUT2D eigenvalue weighted by Gasteiger charge is -2.51. The van der Waals surface area contributed by atoms with Crippen LogP contribution in [0.1, 0.15) is 33.6 Å². The predicted molar refractivity (Wildman–Crippen MR) is 69.3 cm³/mol. The summed E-state index contributed by atoms with van der Waals surface area (Å²) in [6.07, 6.45) is 2.34. The van der Waals surface area contributed by atoms with E-state index in [1.165, 1.54) is 6.42 Å². The van der Waals surface area contributed by atoms with Gasteiger partial charge < -0.3 is 15.0 Å². The molecule has 4 rings (SSSR count). The molecule has 1 N–H and O–H groups in total. The van der Waals surface area contributed by atoms with E-state index in [1.54, 1.807) is 0 Å². The van der Waals surface area contributed by atoms with Crippen LogP contribution < -0.4 is 5.32 Å². The van der Waals surface area contributed by atoms with E-state index in [2.05, 4.69) is 5.32 Å². The van der Waals surface area contributed by atoms with E-state index in [9.17, 15) is 4.79 Å². The average molecular weight is 252 g/mol. The normalized spacial score (nSPS) is 38.7. The predicted octanol–water partition coefficient (Wildman–Crippen LogP) is 1.85. The van der Waals surface area contributed by atoms with Crippen LogP contribution >= 0.6 is 0 Å². The Bertz CT molecular complexity index is 350. The molecule has 1 aliphatic carbocycles. The van der Waals surface area contributed by atoms with Crippen molar-refractivity contribution in [3.8, 4) is 0 Å². The van der Waals surface area contributed by atoms with Crippen molar-refractivity contribution < 1.29 is 9.53 Å². The number of nitrogens with one attached hydrogen (secondary N) is 1. The maximum absolute atomic E-state index is 12.3. The van der Waals surface area contributed by atoms with Gasteiger partial charge in [0.2, 0.25) is 0 Å². The zero-order chi connectivity index (χ0) is 12.9. The van der Waals surface area contributed by atoms with Gasteiger partial charge in [-0.05, 0) is 57.9 Å². The summed E-state index contributed by atoms with van der Waals surface area (Å²) in [4.78, 5) is 14.3. The Morgan fingerprint density at radius 3 is 2.67 bits per heavy atom. The minimum absolute atomic E-state index is 0.109. The van der Waals surface area contributed by atoms with Crippen molar-refractivity contribution in [3.63, 3.8) is 0 Å². The van der Waals surface area contributed by atoms with E-state index in [0.29, 0.717) is 17.9 Å². The summed E-state index contributed by atoms with van der Waals surface area (Å²) in [6, 6.07) is 0.407. The maximum Gasteiger partial charge on any atom is 0.410 e. The fraction of sp³-hybridized carbons (Fsp3) is 0.929. The van der Waals surface area contributed by atoms with Crippen LogP contribution in [0.3, 0.4) is 0 Å². The molecule has 3 heterocycles. The van der Waals surface area contributed by atoms with Crippen LogP contribution in [0.15, 0.2) is 0 Å². The molecule has 102 valence electrons. The van der Waals surface area contributed by atoms with E-state index < -0.39 is 0 Å². The molecule has 4 heteroatoms. The topological polar surface area (TPSA) is 41.6 Å². The first-order valence-corrected chi connectivity index (χ1v) is 7.16. The Morgan fingerprint density at radius 1 is 1.22 bits per heavy atom. The first-order chi connectivity index (χ1) is 8.46. The fourth-order valence-electron chi connectivity index (χ4n) is 4.00. The molecule has 0 spiro atoms. The molecule has 0 aromatic rings. The van der Waals surface area contributed by atoms with Crippen LogP contribution in [0, 0.1) is 17.8 Å². The highest BCUT2D eigenvalue weighted by molar-refractivity contribution is 5.69. The molecule has 4 atom stereocenters. The third kappa shape index (κ3) is 2.00. The Morgan fingerprint density at radius 2 is 1.94 bits per heavy atom. The molecule has 18 heavy (non-hydrogen) atoms. The third-order valence-corrected chi connectivity index (χ3v) is 4.70. The molecular formula is C14H24N2O2. The largest absolute Gasteiger partial charge is 0.444 e. The van der Waals surface area contributed by atoms with Crippen molar-refractivity contribution in [1.82, 2.24) is 10.2 Å². The number of piperidine rings is 2. The van der Waals surface area contributed by atoms with E-state index in [1.807, 2.05) is 25.7 Å². The van der Waals surface area contributed by atoms with Crippen molar-refractivity contribution in [3.05, 3.63) is 0 Å². The summed E-state index contributed by atoms with van der Waals surface area (Å²) < 4.78 is 5.54. The third-order valence-electron chi connectivity index (χ3n) is 4.70. The van der Waals surface area contributed by atoms with Crippen molar-refractivity contribution >= 4 is 6.09 Å². The van der Waals surface area contributed by atoms with Crippen LogP contribution in [0.2, 0.25) is 0 Å². The lowest BCUT2D eigenvalue weighted by Crippen LogP contribution is -2.59. The molecule has 4 aliphatic rings. The molecule has 3 saturated heterocycles. The Kier molecular flexibility index (Phi) is 2.81. The van der Waals surface area contributed by atoms with Crippen LogP contribution in [-0.4, -0.2) is 42.3 Å². The molecule has 3 aliphatic heterocycles. The minimum atomic E-state index is -0.388. The number of nitrogens with zero attached hydrogens (tertiary/aromatic N) is 1. The van der Waals surface area contributed by atoms with Crippen LogP contribution in [0.4, 0.5) is 4.79 Å². The standard InChI is InChI=1S/C14H24N2O2/c1-14(2,3)18-13(17)16-8-9-4-5-12(16)11-7-15-6-10(9)11/h9-12,15H,4-8H2,1-3H3.